The Hall–Kier alpha value is -2.90. The molecule has 2 N–H and O–H groups in total. The van der Waals surface area contributed by atoms with Gasteiger partial charge in [-0.2, -0.15) is 9.57 Å². The van der Waals surface area contributed by atoms with E-state index in [1.54, 1.807) is 29.2 Å². The number of rotatable bonds is 7. The number of carboxylic acid groups (broad SMARTS) is 1. The van der Waals surface area contributed by atoms with Crippen LogP contribution in [0.15, 0.2) is 47.0 Å². The van der Waals surface area contributed by atoms with Gasteiger partial charge < -0.3 is 15.3 Å². The van der Waals surface area contributed by atoms with Gasteiger partial charge in [0.25, 0.3) is 5.91 Å². The molecule has 1 aliphatic heterocycles. The fraction of sp³-hybridized carbons (Fsp3) is 0.353. The van der Waals surface area contributed by atoms with Gasteiger partial charge in [-0.05, 0) is 12.1 Å². The van der Waals surface area contributed by atoms with Crippen molar-refractivity contribution < 1.29 is 23.1 Å². The molecule has 1 saturated heterocycles. The second kappa shape index (κ2) is 9.16. The molecule has 0 radical (unpaired) electrons. The van der Waals surface area contributed by atoms with Crippen LogP contribution in [0.1, 0.15) is 6.42 Å². The van der Waals surface area contributed by atoms with Gasteiger partial charge in [0.15, 0.2) is 0 Å². The zero-order chi connectivity index (χ0) is 19.9. The second-order valence-corrected chi connectivity index (χ2v) is 7.75. The molecule has 27 heavy (non-hydrogen) atoms. The quantitative estimate of drug-likeness (QED) is 0.493. The Morgan fingerprint density at radius 3 is 2.37 bits per heavy atom. The molecular formula is C17H20N4O5S. The maximum absolute atomic E-state index is 12.6. The Morgan fingerprint density at radius 1 is 1.19 bits per heavy atom. The first-order valence-electron chi connectivity index (χ1n) is 8.26. The first-order chi connectivity index (χ1) is 12.8. The molecule has 1 aromatic carbocycles. The van der Waals surface area contributed by atoms with Gasteiger partial charge in [-0.15, -0.1) is 0 Å². The predicted molar refractivity (Wildman–Crippen MR) is 95.7 cm³/mol. The summed E-state index contributed by atoms with van der Waals surface area (Å²) in [5.74, 6) is -1.70. The van der Waals surface area contributed by atoms with E-state index in [9.17, 15) is 18.0 Å². The molecule has 0 aliphatic carbocycles. The van der Waals surface area contributed by atoms with Crippen LogP contribution in [-0.2, 0) is 19.6 Å². The number of aliphatic carboxylic acids is 1. The first kappa shape index (κ1) is 20.4. The third-order valence-corrected chi connectivity index (χ3v) is 5.87. The number of carboxylic acids is 1. The van der Waals surface area contributed by atoms with E-state index in [4.69, 9.17) is 10.4 Å². The molecule has 2 rings (SSSR count). The van der Waals surface area contributed by atoms with Crippen LogP contribution in [0.5, 0.6) is 0 Å². The number of carbonyl (C=O) groups is 2. The number of nitrogens with one attached hydrogen (secondary N) is 1. The highest BCUT2D eigenvalue weighted by molar-refractivity contribution is 7.89. The van der Waals surface area contributed by atoms with E-state index in [1.807, 2.05) is 0 Å². The standard InChI is InChI=1S/C17H20N4O5S/c18-12-14(17(24)19-7-6-16(22)23)13-20-8-10-21(11-9-20)27(25,26)15-4-2-1-3-5-15/h1-5,13H,6-11H2,(H,19,24)(H,22,23)/b14-13-. The van der Waals surface area contributed by atoms with E-state index in [-0.39, 0.29) is 36.5 Å². The van der Waals surface area contributed by atoms with Gasteiger partial charge in [0.2, 0.25) is 10.0 Å². The lowest BCUT2D eigenvalue weighted by atomic mass is 10.2. The number of carbonyl (C=O) groups excluding carboxylic acids is 1. The highest BCUT2D eigenvalue weighted by Crippen LogP contribution is 2.17. The molecule has 0 aromatic heterocycles. The van der Waals surface area contributed by atoms with Crippen LogP contribution in [0, 0.1) is 11.3 Å². The van der Waals surface area contributed by atoms with Gasteiger partial charge in [0.05, 0.1) is 11.3 Å². The summed E-state index contributed by atoms with van der Waals surface area (Å²) < 4.78 is 26.5. The minimum Gasteiger partial charge on any atom is -0.481 e. The van der Waals surface area contributed by atoms with Crippen LogP contribution in [0.2, 0.25) is 0 Å². The molecule has 0 saturated carbocycles. The molecule has 10 heteroatoms. The molecule has 1 amide bonds. The van der Waals surface area contributed by atoms with Crippen LogP contribution in [-0.4, -0.2) is 67.3 Å². The smallest absolute Gasteiger partial charge is 0.305 e. The molecule has 144 valence electrons. The van der Waals surface area contributed by atoms with Gasteiger partial charge >= 0.3 is 5.97 Å². The largest absolute Gasteiger partial charge is 0.481 e. The van der Waals surface area contributed by atoms with Crippen molar-refractivity contribution in [3.63, 3.8) is 0 Å². The van der Waals surface area contributed by atoms with Gasteiger partial charge in [0, 0.05) is 38.9 Å². The van der Waals surface area contributed by atoms with E-state index >= 15 is 0 Å². The molecule has 1 aliphatic rings. The molecule has 1 aromatic rings. The molecule has 0 bridgehead atoms. The number of hydrogen-bond donors (Lipinski definition) is 2. The number of piperazine rings is 1. The van der Waals surface area contributed by atoms with Gasteiger partial charge in [-0.1, -0.05) is 18.2 Å². The summed E-state index contributed by atoms with van der Waals surface area (Å²) in [5, 5.41) is 20.1. The topological polar surface area (TPSA) is 131 Å². The number of hydrogen-bond acceptors (Lipinski definition) is 6. The number of amides is 1. The van der Waals surface area contributed by atoms with Crippen molar-refractivity contribution >= 4 is 21.9 Å². The fourth-order valence-electron chi connectivity index (χ4n) is 2.51. The molecule has 1 fully saturated rings. The molecule has 0 unspecified atom stereocenters. The normalized spacial score (nSPS) is 15.8. The third kappa shape index (κ3) is 5.54. The van der Waals surface area contributed by atoms with Crippen molar-refractivity contribution in [3.8, 4) is 6.07 Å². The lowest BCUT2D eigenvalue weighted by Gasteiger charge is -2.33. The lowest BCUT2D eigenvalue weighted by molar-refractivity contribution is -0.136. The van der Waals surface area contributed by atoms with E-state index in [0.717, 1.165) is 0 Å². The van der Waals surface area contributed by atoms with Gasteiger partial charge in [-0.3, -0.25) is 9.59 Å². The van der Waals surface area contributed by atoms with Gasteiger partial charge in [0.1, 0.15) is 11.6 Å². The summed E-state index contributed by atoms with van der Waals surface area (Å²) in [7, 11) is -3.57. The van der Waals surface area contributed by atoms with E-state index in [0.29, 0.717) is 13.1 Å². The number of nitrogens with zero attached hydrogens (tertiary/aromatic N) is 3. The molecule has 1 heterocycles. The average molecular weight is 392 g/mol. The number of benzene rings is 1. The molecule has 0 spiro atoms. The summed E-state index contributed by atoms with van der Waals surface area (Å²) >= 11 is 0. The predicted octanol–water partition coefficient (Wildman–Crippen LogP) is -0.00872. The Bertz CT molecular complexity index is 853. The zero-order valence-corrected chi connectivity index (χ0v) is 15.4. The van der Waals surface area contributed by atoms with Crippen molar-refractivity contribution in [2.24, 2.45) is 0 Å². The van der Waals surface area contributed by atoms with Gasteiger partial charge in [-0.25, -0.2) is 8.42 Å². The van der Waals surface area contributed by atoms with Crippen molar-refractivity contribution in [2.45, 2.75) is 11.3 Å². The lowest BCUT2D eigenvalue weighted by Crippen LogP contribution is -2.47. The highest BCUT2D eigenvalue weighted by Gasteiger charge is 2.27. The SMILES string of the molecule is N#C/C(=C/N1CCN(S(=O)(=O)c2ccccc2)CC1)C(=O)NCCC(=O)O. The van der Waals surface area contributed by atoms with E-state index < -0.39 is 21.9 Å². The minimum absolute atomic E-state index is 0.0731. The summed E-state index contributed by atoms with van der Waals surface area (Å²) in [6, 6.07) is 9.92. The second-order valence-electron chi connectivity index (χ2n) is 5.81. The summed E-state index contributed by atoms with van der Waals surface area (Å²) in [6.07, 6.45) is 1.14. The maximum Gasteiger partial charge on any atom is 0.305 e. The van der Waals surface area contributed by atoms with Crippen molar-refractivity contribution in [1.29, 1.82) is 5.26 Å². The summed E-state index contributed by atoms with van der Waals surface area (Å²) in [6.45, 7) is 1.05. The number of sulfonamides is 1. The molecule has 0 atom stereocenters. The van der Waals surface area contributed by atoms with E-state index in [1.165, 1.54) is 22.6 Å². The monoisotopic (exact) mass is 392 g/mol. The molecular weight excluding hydrogens is 372 g/mol. The average Bonchev–Trinajstić information content (AvgIpc) is 2.66. The van der Waals surface area contributed by atoms with Crippen molar-refractivity contribution in [2.75, 3.05) is 32.7 Å². The van der Waals surface area contributed by atoms with Crippen molar-refractivity contribution in [3.05, 3.63) is 42.1 Å². The fourth-order valence-corrected chi connectivity index (χ4v) is 3.96. The van der Waals surface area contributed by atoms with Crippen LogP contribution >= 0.6 is 0 Å². The summed E-state index contributed by atoms with van der Waals surface area (Å²) in [5.41, 5.74) is -0.153. The zero-order valence-electron chi connectivity index (χ0n) is 14.5. The minimum atomic E-state index is -3.57. The Morgan fingerprint density at radius 2 is 1.81 bits per heavy atom. The molecule has 9 nitrogen and oxygen atoms in total. The van der Waals surface area contributed by atoms with Crippen LogP contribution < -0.4 is 5.32 Å². The maximum atomic E-state index is 12.6. The third-order valence-electron chi connectivity index (χ3n) is 3.96. The van der Waals surface area contributed by atoms with Crippen LogP contribution in [0.25, 0.3) is 0 Å². The first-order valence-corrected chi connectivity index (χ1v) is 9.70. The Balaban J connectivity index is 1.96. The Kier molecular flexibility index (Phi) is 6.92. The summed E-state index contributed by atoms with van der Waals surface area (Å²) in [4.78, 5) is 24.3. The number of nitriles is 1. The van der Waals surface area contributed by atoms with Crippen LogP contribution in [0.4, 0.5) is 0 Å². The van der Waals surface area contributed by atoms with Crippen molar-refractivity contribution in [1.82, 2.24) is 14.5 Å². The highest BCUT2D eigenvalue weighted by atomic mass is 32.2. The Labute approximate surface area is 157 Å². The van der Waals surface area contributed by atoms with Crippen LogP contribution in [0.3, 0.4) is 0 Å². The van der Waals surface area contributed by atoms with E-state index in [2.05, 4.69) is 5.32 Å².